The minimum atomic E-state index is 0.0599. The summed E-state index contributed by atoms with van der Waals surface area (Å²) in [6, 6.07) is 0. The molecule has 1 rings (SSSR count). The van der Waals surface area contributed by atoms with Crippen LogP contribution in [0.25, 0.3) is 0 Å². The third-order valence-electron chi connectivity index (χ3n) is 5.76. The van der Waals surface area contributed by atoms with E-state index in [0.29, 0.717) is 6.17 Å². The molecule has 1 aliphatic heterocycles. The molecule has 2 N–H and O–H groups in total. The summed E-state index contributed by atoms with van der Waals surface area (Å²) in [5, 5.41) is 6.48. The Morgan fingerprint density at radius 3 is 2.37 bits per heavy atom. The van der Waals surface area contributed by atoms with Gasteiger partial charge in [0.15, 0.2) is 6.17 Å². The lowest BCUT2D eigenvalue weighted by atomic mass is 10.1. The Morgan fingerprint density at radius 2 is 1.70 bits per heavy atom. The van der Waals surface area contributed by atoms with Crippen LogP contribution in [0.3, 0.4) is 0 Å². The lowest BCUT2D eigenvalue weighted by molar-refractivity contribution is -0.898. The van der Waals surface area contributed by atoms with Gasteiger partial charge < -0.3 is 10.6 Å². The third kappa shape index (κ3) is 9.99. The molecule has 1 amide bonds. The second kappa shape index (κ2) is 14.7. The highest BCUT2D eigenvalue weighted by molar-refractivity contribution is 5.72. The summed E-state index contributed by atoms with van der Waals surface area (Å²) in [6.45, 7) is 8.87. The van der Waals surface area contributed by atoms with Crippen LogP contribution < -0.4 is 10.6 Å². The molecule has 27 heavy (non-hydrogen) atoms. The van der Waals surface area contributed by atoms with Gasteiger partial charge in [0.2, 0.25) is 5.91 Å². The predicted octanol–water partition coefficient (Wildman–Crippen LogP) is 5.23. The number of rotatable bonds is 16. The van der Waals surface area contributed by atoms with Crippen molar-refractivity contribution in [1.29, 1.82) is 0 Å². The number of hydrogen-bond donors (Lipinski definition) is 2. The average Bonchev–Trinajstić information content (AvgIpc) is 3.05. The van der Waals surface area contributed by atoms with Crippen molar-refractivity contribution < 1.29 is 9.28 Å². The summed E-state index contributed by atoms with van der Waals surface area (Å²) in [5.41, 5.74) is 0. The molecule has 0 aliphatic carbocycles. The van der Waals surface area contributed by atoms with Gasteiger partial charge in [-0.2, -0.15) is 0 Å². The van der Waals surface area contributed by atoms with Crippen molar-refractivity contribution in [3.05, 3.63) is 24.6 Å². The van der Waals surface area contributed by atoms with Crippen LogP contribution in [0, 0.1) is 0 Å². The maximum atomic E-state index is 11.1. The molecule has 0 fully saturated rings. The maximum absolute atomic E-state index is 11.1. The van der Waals surface area contributed by atoms with Gasteiger partial charge >= 0.3 is 0 Å². The number of allylic oxidation sites excluding steroid dienone is 2. The zero-order valence-electron chi connectivity index (χ0n) is 18.1. The van der Waals surface area contributed by atoms with Gasteiger partial charge in [-0.1, -0.05) is 51.2 Å². The first-order valence-corrected chi connectivity index (χ1v) is 11.3. The smallest absolute Gasteiger partial charge is 0.217 e. The van der Waals surface area contributed by atoms with E-state index in [2.05, 4.69) is 49.0 Å². The van der Waals surface area contributed by atoms with Gasteiger partial charge in [-0.3, -0.25) is 9.28 Å². The van der Waals surface area contributed by atoms with E-state index >= 15 is 0 Å². The number of quaternary nitrogens is 1. The maximum Gasteiger partial charge on any atom is 0.217 e. The number of nitrogens with one attached hydrogen (secondary N) is 2. The SMILES string of the molecule is CCCCCCCC/C=C/CCCCC1NC=C[N+]1(CC)CCNC(C)=O. The Bertz CT molecular complexity index is 447. The van der Waals surface area contributed by atoms with Crippen LogP contribution in [0.5, 0.6) is 0 Å². The summed E-state index contributed by atoms with van der Waals surface area (Å²) in [6.07, 6.45) is 24.0. The second-order valence-corrected chi connectivity index (χ2v) is 7.94. The topological polar surface area (TPSA) is 41.1 Å². The summed E-state index contributed by atoms with van der Waals surface area (Å²) in [4.78, 5) is 11.1. The molecule has 0 aromatic rings. The van der Waals surface area contributed by atoms with E-state index in [4.69, 9.17) is 0 Å². The number of hydrogen-bond acceptors (Lipinski definition) is 2. The van der Waals surface area contributed by atoms with Crippen LogP contribution in [0.4, 0.5) is 0 Å². The molecule has 0 spiro atoms. The summed E-state index contributed by atoms with van der Waals surface area (Å²) < 4.78 is 0.939. The van der Waals surface area contributed by atoms with Gasteiger partial charge in [-0.25, -0.2) is 0 Å². The highest BCUT2D eigenvalue weighted by atomic mass is 16.1. The van der Waals surface area contributed by atoms with E-state index in [1.165, 1.54) is 70.6 Å². The van der Waals surface area contributed by atoms with Crippen molar-refractivity contribution in [3.63, 3.8) is 0 Å². The van der Waals surface area contributed by atoms with Gasteiger partial charge in [-0.05, 0) is 39.0 Å². The van der Waals surface area contributed by atoms with E-state index in [1.807, 2.05) is 0 Å². The zero-order valence-corrected chi connectivity index (χ0v) is 18.1. The summed E-state index contributed by atoms with van der Waals surface area (Å²) in [7, 11) is 0. The highest BCUT2D eigenvalue weighted by Crippen LogP contribution is 2.22. The molecule has 156 valence electrons. The monoisotopic (exact) mass is 378 g/mol. The first-order chi connectivity index (χ1) is 13.1. The van der Waals surface area contributed by atoms with E-state index in [9.17, 15) is 4.79 Å². The number of carbonyl (C=O) groups excluding carboxylic acids is 1. The van der Waals surface area contributed by atoms with Gasteiger partial charge in [0.25, 0.3) is 0 Å². The molecule has 1 aliphatic rings. The molecule has 0 saturated carbocycles. The van der Waals surface area contributed by atoms with Crippen LogP contribution >= 0.6 is 0 Å². The summed E-state index contributed by atoms with van der Waals surface area (Å²) >= 11 is 0. The standard InChI is InChI=1S/C23H43N3O/c1-4-6-7-8-9-10-11-12-13-14-15-16-17-23-25-19-21-26(23,5-2)20-18-24-22(3)27/h12-13,19,21,23,25H,4-11,14-18,20H2,1-3H3/p+1/b13-12+. The second-order valence-electron chi connectivity index (χ2n) is 7.94. The number of amides is 1. The quantitative estimate of drug-likeness (QED) is 0.219. The number of carbonyl (C=O) groups is 1. The number of unbranched alkanes of at least 4 members (excludes halogenated alkanes) is 8. The fourth-order valence-electron chi connectivity index (χ4n) is 3.93. The molecule has 0 bridgehead atoms. The molecule has 1 heterocycles. The van der Waals surface area contributed by atoms with Crippen molar-refractivity contribution in [1.82, 2.24) is 10.6 Å². The molecule has 2 atom stereocenters. The Morgan fingerprint density at radius 1 is 1.04 bits per heavy atom. The van der Waals surface area contributed by atoms with Crippen LogP contribution in [0.2, 0.25) is 0 Å². The van der Waals surface area contributed by atoms with Crippen LogP contribution in [-0.2, 0) is 4.79 Å². The van der Waals surface area contributed by atoms with Crippen molar-refractivity contribution in [2.24, 2.45) is 0 Å². The molecule has 4 heteroatoms. The van der Waals surface area contributed by atoms with Crippen molar-refractivity contribution in [2.75, 3.05) is 19.6 Å². The highest BCUT2D eigenvalue weighted by Gasteiger charge is 2.36. The first kappa shape index (κ1) is 23.7. The molecule has 0 aromatic carbocycles. The Hall–Kier alpha value is -1.29. The third-order valence-corrected chi connectivity index (χ3v) is 5.76. The van der Waals surface area contributed by atoms with Crippen molar-refractivity contribution in [2.45, 2.75) is 97.6 Å². The molecular formula is C23H44N3O+. The van der Waals surface area contributed by atoms with Gasteiger partial charge in [-0.15, -0.1) is 0 Å². The van der Waals surface area contributed by atoms with E-state index in [0.717, 1.165) is 24.1 Å². The number of nitrogens with zero attached hydrogens (tertiary/aromatic N) is 1. The Balaban J connectivity index is 2.12. The summed E-state index contributed by atoms with van der Waals surface area (Å²) in [5.74, 6) is 0.0599. The van der Waals surface area contributed by atoms with E-state index in [-0.39, 0.29) is 5.91 Å². The van der Waals surface area contributed by atoms with Crippen LogP contribution in [0.1, 0.15) is 91.4 Å². The fraction of sp³-hybridized carbons (Fsp3) is 0.783. The predicted molar refractivity (Wildman–Crippen MR) is 116 cm³/mol. The van der Waals surface area contributed by atoms with E-state index in [1.54, 1.807) is 6.92 Å². The molecule has 2 unspecified atom stereocenters. The van der Waals surface area contributed by atoms with Crippen LogP contribution in [0.15, 0.2) is 24.6 Å². The first-order valence-electron chi connectivity index (χ1n) is 11.3. The van der Waals surface area contributed by atoms with Crippen LogP contribution in [-0.4, -0.2) is 36.2 Å². The molecule has 4 nitrogen and oxygen atoms in total. The van der Waals surface area contributed by atoms with Gasteiger partial charge in [0.1, 0.15) is 12.7 Å². The normalized spacial score (nSPS) is 21.7. The molecule has 0 radical (unpaired) electrons. The number of likely N-dealkylation sites (N-methyl/N-ethyl adjacent to an activating group) is 1. The zero-order chi connectivity index (χ0) is 19.8. The largest absolute Gasteiger partial charge is 0.351 e. The molecule has 0 saturated heterocycles. The lowest BCUT2D eigenvalue weighted by Crippen LogP contribution is -2.55. The molecular weight excluding hydrogens is 334 g/mol. The Kier molecular flexibility index (Phi) is 13.0. The average molecular weight is 379 g/mol. The van der Waals surface area contributed by atoms with E-state index < -0.39 is 0 Å². The van der Waals surface area contributed by atoms with Gasteiger partial charge in [0.05, 0.1) is 19.3 Å². The fourth-order valence-corrected chi connectivity index (χ4v) is 3.93. The lowest BCUT2D eigenvalue weighted by Gasteiger charge is -2.37. The minimum absolute atomic E-state index is 0.0599. The Labute approximate surface area is 168 Å². The van der Waals surface area contributed by atoms with Gasteiger partial charge in [0, 0.05) is 13.3 Å². The van der Waals surface area contributed by atoms with Crippen molar-refractivity contribution >= 4 is 5.91 Å². The minimum Gasteiger partial charge on any atom is -0.351 e. The van der Waals surface area contributed by atoms with Crippen molar-refractivity contribution in [3.8, 4) is 0 Å². The molecule has 0 aromatic heterocycles.